The van der Waals surface area contributed by atoms with Crippen molar-refractivity contribution in [3.8, 4) is 11.3 Å². The van der Waals surface area contributed by atoms with Gasteiger partial charge in [0.05, 0.1) is 18.3 Å². The Hall–Kier alpha value is -2.31. The van der Waals surface area contributed by atoms with Crippen LogP contribution < -0.4 is 5.43 Å². The molecule has 0 aliphatic carbocycles. The Balaban J connectivity index is 1.56. The van der Waals surface area contributed by atoms with Gasteiger partial charge in [-0.1, -0.05) is 30.3 Å². The minimum atomic E-state index is -0.163. The van der Waals surface area contributed by atoms with Gasteiger partial charge < -0.3 is 0 Å². The molecule has 0 radical (unpaired) electrons. The standard InChI is InChI=1S/C17H15N3OS2/c1-12-7-8-14(23-12)10-18-20-16(21)9-17-19-15(11-22-17)13-5-3-2-4-6-13/h2-8,10-11H,9H2,1H3,(H,20,21)/b18-10-. The van der Waals surface area contributed by atoms with Crippen molar-refractivity contribution in [2.75, 3.05) is 0 Å². The van der Waals surface area contributed by atoms with Crippen molar-refractivity contribution in [2.45, 2.75) is 13.3 Å². The highest BCUT2D eigenvalue weighted by molar-refractivity contribution is 7.13. The first-order valence-corrected chi connectivity index (χ1v) is 8.78. The van der Waals surface area contributed by atoms with E-state index in [9.17, 15) is 4.79 Å². The fraction of sp³-hybridized carbons (Fsp3) is 0.118. The largest absolute Gasteiger partial charge is 0.273 e. The monoisotopic (exact) mass is 341 g/mol. The number of hydrazone groups is 1. The number of hydrogen-bond donors (Lipinski definition) is 1. The van der Waals surface area contributed by atoms with Gasteiger partial charge >= 0.3 is 0 Å². The summed E-state index contributed by atoms with van der Waals surface area (Å²) in [5, 5.41) is 6.73. The van der Waals surface area contributed by atoms with Crippen molar-refractivity contribution in [1.82, 2.24) is 10.4 Å². The lowest BCUT2D eigenvalue weighted by atomic mass is 10.2. The highest BCUT2D eigenvalue weighted by Crippen LogP contribution is 2.21. The van der Waals surface area contributed by atoms with Crippen molar-refractivity contribution in [3.63, 3.8) is 0 Å². The summed E-state index contributed by atoms with van der Waals surface area (Å²) in [6.45, 7) is 2.04. The van der Waals surface area contributed by atoms with E-state index in [-0.39, 0.29) is 12.3 Å². The second-order valence-electron chi connectivity index (χ2n) is 4.91. The third kappa shape index (κ3) is 4.34. The molecule has 2 heterocycles. The summed E-state index contributed by atoms with van der Waals surface area (Å²) in [6.07, 6.45) is 1.89. The summed E-state index contributed by atoms with van der Waals surface area (Å²) in [4.78, 5) is 18.6. The van der Waals surface area contributed by atoms with Crippen molar-refractivity contribution in [1.29, 1.82) is 0 Å². The molecule has 23 heavy (non-hydrogen) atoms. The van der Waals surface area contributed by atoms with Crippen molar-refractivity contribution in [3.05, 3.63) is 62.6 Å². The lowest BCUT2D eigenvalue weighted by molar-refractivity contribution is -0.120. The number of aromatic nitrogens is 1. The smallest absolute Gasteiger partial charge is 0.246 e. The predicted octanol–water partition coefficient (Wildman–Crippen LogP) is 3.87. The fourth-order valence-electron chi connectivity index (χ4n) is 2.00. The first-order valence-electron chi connectivity index (χ1n) is 7.09. The van der Waals surface area contributed by atoms with Crippen molar-refractivity contribution in [2.24, 2.45) is 5.10 Å². The quantitative estimate of drug-likeness (QED) is 0.566. The number of carbonyl (C=O) groups is 1. The summed E-state index contributed by atoms with van der Waals surface area (Å²) in [5.74, 6) is -0.163. The van der Waals surface area contributed by atoms with E-state index in [1.807, 2.05) is 54.8 Å². The van der Waals surface area contributed by atoms with Crippen LogP contribution in [0.5, 0.6) is 0 Å². The molecule has 0 unspecified atom stereocenters. The van der Waals surface area contributed by atoms with Gasteiger partial charge in [-0.3, -0.25) is 4.79 Å². The molecule has 0 aliphatic rings. The molecule has 0 spiro atoms. The molecule has 1 amide bonds. The lowest BCUT2D eigenvalue weighted by Crippen LogP contribution is -2.19. The predicted molar refractivity (Wildman–Crippen MR) is 96.0 cm³/mol. The van der Waals surface area contributed by atoms with Gasteiger partial charge in [0.1, 0.15) is 5.01 Å². The Kier molecular flexibility index (Phi) is 4.95. The van der Waals surface area contributed by atoms with Crippen molar-refractivity contribution >= 4 is 34.8 Å². The Morgan fingerprint density at radius 3 is 2.83 bits per heavy atom. The van der Waals surface area contributed by atoms with E-state index in [4.69, 9.17) is 0 Å². The Bertz CT molecular complexity index is 821. The highest BCUT2D eigenvalue weighted by Gasteiger charge is 2.08. The van der Waals surface area contributed by atoms with Crippen LogP contribution in [0.15, 0.2) is 52.9 Å². The molecule has 1 N–H and O–H groups in total. The number of aryl methyl sites for hydroxylation is 1. The second-order valence-corrected chi connectivity index (χ2v) is 7.17. The van der Waals surface area contributed by atoms with Crippen LogP contribution in [0.1, 0.15) is 14.8 Å². The number of nitrogens with one attached hydrogen (secondary N) is 1. The van der Waals surface area contributed by atoms with Crippen LogP contribution in [0.4, 0.5) is 0 Å². The summed E-state index contributed by atoms with van der Waals surface area (Å²) in [7, 11) is 0. The fourth-order valence-corrected chi connectivity index (χ4v) is 3.55. The van der Waals surface area contributed by atoms with Crippen LogP contribution in [0.2, 0.25) is 0 Å². The van der Waals surface area contributed by atoms with E-state index in [0.717, 1.165) is 21.1 Å². The SMILES string of the molecule is Cc1ccc(/C=N\NC(=O)Cc2nc(-c3ccccc3)cs2)s1. The molecule has 3 rings (SSSR count). The van der Waals surface area contributed by atoms with Crippen LogP contribution in [-0.2, 0) is 11.2 Å². The molecule has 4 nitrogen and oxygen atoms in total. The van der Waals surface area contributed by atoms with Gasteiger partial charge in [-0.05, 0) is 19.1 Å². The zero-order valence-electron chi connectivity index (χ0n) is 12.5. The minimum absolute atomic E-state index is 0.163. The molecule has 0 saturated carbocycles. The summed E-state index contributed by atoms with van der Waals surface area (Å²) in [5.41, 5.74) is 4.50. The number of nitrogens with zero attached hydrogens (tertiary/aromatic N) is 2. The molecular weight excluding hydrogens is 326 g/mol. The molecule has 0 bridgehead atoms. The molecule has 3 aromatic rings. The maximum absolute atomic E-state index is 11.9. The first-order chi connectivity index (χ1) is 11.2. The first kappa shape index (κ1) is 15.6. The third-order valence-electron chi connectivity index (χ3n) is 3.08. The molecule has 0 aliphatic heterocycles. The van der Waals surface area contributed by atoms with Crippen LogP contribution in [0.25, 0.3) is 11.3 Å². The second kappa shape index (κ2) is 7.30. The van der Waals surface area contributed by atoms with E-state index in [1.165, 1.54) is 16.2 Å². The highest BCUT2D eigenvalue weighted by atomic mass is 32.1. The van der Waals surface area contributed by atoms with E-state index < -0.39 is 0 Å². The van der Waals surface area contributed by atoms with Gasteiger partial charge in [0.25, 0.3) is 0 Å². The van der Waals surface area contributed by atoms with Gasteiger partial charge in [-0.15, -0.1) is 22.7 Å². The molecule has 6 heteroatoms. The Labute approximate surface area is 142 Å². The average Bonchev–Trinajstić information content (AvgIpc) is 3.17. The summed E-state index contributed by atoms with van der Waals surface area (Å²) >= 11 is 3.12. The van der Waals surface area contributed by atoms with Gasteiger partial charge in [-0.25, -0.2) is 10.4 Å². The number of hydrogen-bond acceptors (Lipinski definition) is 5. The number of carbonyl (C=O) groups excluding carboxylic acids is 1. The maximum atomic E-state index is 11.9. The normalized spacial score (nSPS) is 11.0. The molecule has 0 fully saturated rings. The number of rotatable bonds is 5. The lowest BCUT2D eigenvalue weighted by Gasteiger charge is -1.97. The van der Waals surface area contributed by atoms with Crippen LogP contribution in [-0.4, -0.2) is 17.1 Å². The summed E-state index contributed by atoms with van der Waals surface area (Å²) in [6, 6.07) is 13.9. The minimum Gasteiger partial charge on any atom is -0.273 e. The van der Waals surface area contributed by atoms with Crippen LogP contribution in [0.3, 0.4) is 0 Å². The van der Waals surface area contributed by atoms with Crippen molar-refractivity contribution < 1.29 is 4.79 Å². The molecular formula is C17H15N3OS2. The van der Waals surface area contributed by atoms with Crippen LogP contribution >= 0.6 is 22.7 Å². The van der Waals surface area contributed by atoms with E-state index in [0.29, 0.717) is 0 Å². The van der Waals surface area contributed by atoms with Gasteiger partial charge in [0.15, 0.2) is 0 Å². The number of amides is 1. The number of benzene rings is 1. The molecule has 116 valence electrons. The maximum Gasteiger partial charge on any atom is 0.246 e. The number of thiazole rings is 1. The molecule has 0 atom stereocenters. The molecule has 2 aromatic heterocycles. The zero-order valence-corrected chi connectivity index (χ0v) is 14.2. The average molecular weight is 341 g/mol. The third-order valence-corrected chi connectivity index (χ3v) is 4.86. The van der Waals surface area contributed by atoms with Gasteiger partial charge in [0.2, 0.25) is 5.91 Å². The van der Waals surface area contributed by atoms with E-state index in [1.54, 1.807) is 17.6 Å². The Morgan fingerprint density at radius 2 is 2.09 bits per heavy atom. The molecule has 1 aromatic carbocycles. The molecule has 0 saturated heterocycles. The van der Waals surface area contributed by atoms with Gasteiger partial charge in [0, 0.05) is 20.7 Å². The van der Waals surface area contributed by atoms with Crippen LogP contribution in [0, 0.1) is 6.92 Å². The Morgan fingerprint density at radius 1 is 1.26 bits per heavy atom. The van der Waals surface area contributed by atoms with E-state index in [2.05, 4.69) is 15.5 Å². The van der Waals surface area contributed by atoms with Gasteiger partial charge in [-0.2, -0.15) is 5.10 Å². The summed E-state index contributed by atoms with van der Waals surface area (Å²) < 4.78 is 0. The zero-order chi connectivity index (χ0) is 16.1. The van der Waals surface area contributed by atoms with E-state index >= 15 is 0 Å². The number of thiophene rings is 1. The topological polar surface area (TPSA) is 54.4 Å².